The second-order valence-electron chi connectivity index (χ2n) is 5.29. The summed E-state index contributed by atoms with van der Waals surface area (Å²) in [5, 5.41) is 10.1. The topological polar surface area (TPSA) is 45.0 Å². The number of carbonyl (C=O) groups excluding carboxylic acids is 1. The Balaban J connectivity index is 2.83. The first kappa shape index (κ1) is 20.0. The minimum atomic E-state index is -0.760. The molecule has 0 atom stereocenters. The summed E-state index contributed by atoms with van der Waals surface area (Å²) in [5.74, 6) is 1.01. The molecule has 0 aromatic heterocycles. The lowest BCUT2D eigenvalue weighted by molar-refractivity contribution is 0.112. The Morgan fingerprint density at radius 2 is 1.81 bits per heavy atom. The highest BCUT2D eigenvalue weighted by atomic mass is 127. The number of aldehydes is 1. The molecule has 0 aliphatic heterocycles. The molecule has 0 fully saturated rings. The number of halogens is 3. The van der Waals surface area contributed by atoms with Crippen LogP contribution in [0.5, 0.6) is 0 Å². The van der Waals surface area contributed by atoms with Crippen molar-refractivity contribution in [1.82, 2.24) is 5.01 Å². The Hall–Kier alpha value is -2.34. The summed E-state index contributed by atoms with van der Waals surface area (Å²) in [6.07, 6.45) is 6.22. The van der Waals surface area contributed by atoms with Crippen LogP contribution in [0.15, 0.2) is 34.6 Å². The number of hydrogen-bond donors (Lipinski definition) is 0. The van der Waals surface area contributed by atoms with E-state index in [0.29, 0.717) is 28.5 Å². The standard InChI is InChI=1S/C19H16F2IN3O/c1-4-16-17(22)9-13(11-26)18(12-7-14(20)10-15(21)8-12)19(16)23-24-25(5-2)6-3/h1,7-11H,5-6H2,2-3H3. The molecule has 0 saturated carbocycles. The lowest BCUT2D eigenvalue weighted by Crippen LogP contribution is -2.14. The van der Waals surface area contributed by atoms with Crippen LogP contribution in [0.3, 0.4) is 0 Å². The molecular formula is C19H16F2IN3O. The molecular weight excluding hydrogens is 451 g/mol. The van der Waals surface area contributed by atoms with Crippen LogP contribution in [0.4, 0.5) is 14.5 Å². The Labute approximate surface area is 164 Å². The monoisotopic (exact) mass is 467 g/mol. The van der Waals surface area contributed by atoms with Gasteiger partial charge in [-0.1, -0.05) is 11.1 Å². The van der Waals surface area contributed by atoms with Gasteiger partial charge < -0.3 is 0 Å². The minimum Gasteiger partial charge on any atom is -0.298 e. The highest BCUT2D eigenvalue weighted by Crippen LogP contribution is 2.39. The van der Waals surface area contributed by atoms with Crippen LogP contribution in [-0.4, -0.2) is 24.4 Å². The SMILES string of the molecule is C#Cc1c(I)cc(C=O)c(-c2cc(F)cc(F)c2)c1N=NN(CC)CC. The van der Waals surface area contributed by atoms with Gasteiger partial charge in [-0.05, 0) is 60.2 Å². The first-order valence-corrected chi connectivity index (χ1v) is 8.94. The van der Waals surface area contributed by atoms with E-state index < -0.39 is 11.6 Å². The first-order valence-electron chi connectivity index (χ1n) is 7.86. The summed E-state index contributed by atoms with van der Waals surface area (Å²) in [6.45, 7) is 5.08. The molecule has 2 rings (SSSR count). The van der Waals surface area contributed by atoms with Gasteiger partial charge in [0.25, 0.3) is 0 Å². The maximum Gasteiger partial charge on any atom is 0.150 e. The second kappa shape index (κ2) is 8.85. The van der Waals surface area contributed by atoms with E-state index in [1.807, 2.05) is 36.4 Å². The Morgan fingerprint density at radius 1 is 1.19 bits per heavy atom. The van der Waals surface area contributed by atoms with E-state index in [1.54, 1.807) is 11.1 Å². The van der Waals surface area contributed by atoms with Gasteiger partial charge in [-0.15, -0.1) is 11.5 Å². The molecule has 0 N–H and O–H groups in total. The highest BCUT2D eigenvalue weighted by molar-refractivity contribution is 14.1. The van der Waals surface area contributed by atoms with E-state index in [1.165, 1.54) is 0 Å². The van der Waals surface area contributed by atoms with Crippen molar-refractivity contribution in [1.29, 1.82) is 0 Å². The van der Waals surface area contributed by atoms with Crippen LogP contribution < -0.4 is 0 Å². The van der Waals surface area contributed by atoms with E-state index in [-0.39, 0.29) is 22.4 Å². The summed E-state index contributed by atoms with van der Waals surface area (Å²) in [5.41, 5.74) is 1.30. The van der Waals surface area contributed by atoms with Gasteiger partial charge in [0.2, 0.25) is 0 Å². The molecule has 134 valence electrons. The average molecular weight is 467 g/mol. The zero-order valence-electron chi connectivity index (χ0n) is 14.3. The van der Waals surface area contributed by atoms with Crippen molar-refractivity contribution in [2.45, 2.75) is 13.8 Å². The third kappa shape index (κ3) is 4.25. The maximum atomic E-state index is 13.7. The van der Waals surface area contributed by atoms with E-state index in [2.05, 4.69) is 16.3 Å². The molecule has 0 bridgehead atoms. The number of rotatable bonds is 6. The Kier molecular flexibility index (Phi) is 6.80. The molecule has 2 aromatic rings. The zero-order chi connectivity index (χ0) is 19.3. The molecule has 26 heavy (non-hydrogen) atoms. The maximum absolute atomic E-state index is 13.7. The Morgan fingerprint density at radius 3 is 2.31 bits per heavy atom. The third-order valence-electron chi connectivity index (χ3n) is 3.71. The zero-order valence-corrected chi connectivity index (χ0v) is 16.4. The third-order valence-corrected chi connectivity index (χ3v) is 4.56. The number of terminal acetylenes is 1. The summed E-state index contributed by atoms with van der Waals surface area (Å²) in [7, 11) is 0. The van der Waals surface area contributed by atoms with Crippen LogP contribution in [0.25, 0.3) is 11.1 Å². The van der Waals surface area contributed by atoms with Crippen molar-refractivity contribution in [2.24, 2.45) is 10.3 Å². The summed E-state index contributed by atoms with van der Waals surface area (Å²) in [6, 6.07) is 4.59. The van der Waals surface area contributed by atoms with E-state index in [0.717, 1.165) is 18.2 Å². The molecule has 2 aromatic carbocycles. The van der Waals surface area contributed by atoms with Crippen molar-refractivity contribution < 1.29 is 13.6 Å². The fraction of sp³-hybridized carbons (Fsp3) is 0.211. The number of carbonyl (C=O) groups is 1. The fourth-order valence-corrected chi connectivity index (χ4v) is 3.19. The molecule has 0 heterocycles. The number of benzene rings is 2. The smallest absolute Gasteiger partial charge is 0.150 e. The van der Waals surface area contributed by atoms with Crippen molar-refractivity contribution in [2.75, 3.05) is 13.1 Å². The van der Waals surface area contributed by atoms with Crippen molar-refractivity contribution in [3.05, 3.63) is 50.6 Å². The van der Waals surface area contributed by atoms with Gasteiger partial charge in [0, 0.05) is 33.9 Å². The van der Waals surface area contributed by atoms with Gasteiger partial charge in [0.15, 0.2) is 6.29 Å². The number of hydrogen-bond acceptors (Lipinski definition) is 3. The van der Waals surface area contributed by atoms with Crippen LogP contribution in [0.2, 0.25) is 0 Å². The lowest BCUT2D eigenvalue weighted by atomic mass is 9.95. The van der Waals surface area contributed by atoms with Crippen LogP contribution in [0, 0.1) is 27.5 Å². The summed E-state index contributed by atoms with van der Waals surface area (Å²) >= 11 is 2.00. The van der Waals surface area contributed by atoms with E-state index >= 15 is 0 Å². The molecule has 0 unspecified atom stereocenters. The van der Waals surface area contributed by atoms with Gasteiger partial charge in [0.05, 0.1) is 5.56 Å². The summed E-state index contributed by atoms with van der Waals surface area (Å²) in [4.78, 5) is 11.6. The largest absolute Gasteiger partial charge is 0.298 e. The Bertz CT molecular complexity index is 882. The van der Waals surface area contributed by atoms with E-state index in [9.17, 15) is 13.6 Å². The average Bonchev–Trinajstić information content (AvgIpc) is 2.61. The molecule has 0 aliphatic rings. The molecule has 4 nitrogen and oxygen atoms in total. The van der Waals surface area contributed by atoms with Gasteiger partial charge in [-0.2, -0.15) is 0 Å². The van der Waals surface area contributed by atoms with Crippen molar-refractivity contribution >= 4 is 34.6 Å². The molecule has 0 spiro atoms. The lowest BCUT2D eigenvalue weighted by Gasteiger charge is -2.15. The predicted octanol–water partition coefficient (Wildman–Crippen LogP) is 5.37. The van der Waals surface area contributed by atoms with Crippen LogP contribution in [0.1, 0.15) is 29.8 Å². The van der Waals surface area contributed by atoms with Gasteiger partial charge in [-0.25, -0.2) is 8.78 Å². The fourth-order valence-electron chi connectivity index (χ4n) is 2.45. The normalized spacial score (nSPS) is 10.8. The van der Waals surface area contributed by atoms with Crippen LogP contribution in [-0.2, 0) is 0 Å². The molecule has 0 radical (unpaired) electrons. The predicted molar refractivity (Wildman–Crippen MR) is 105 cm³/mol. The quantitative estimate of drug-likeness (QED) is 0.189. The second-order valence-corrected chi connectivity index (χ2v) is 6.46. The van der Waals surface area contributed by atoms with Gasteiger partial charge >= 0.3 is 0 Å². The van der Waals surface area contributed by atoms with Crippen molar-refractivity contribution in [3.8, 4) is 23.5 Å². The van der Waals surface area contributed by atoms with Gasteiger partial charge in [0.1, 0.15) is 17.3 Å². The minimum absolute atomic E-state index is 0.172. The first-order chi connectivity index (χ1) is 12.4. The number of nitrogens with zero attached hydrogens (tertiary/aromatic N) is 3. The molecule has 0 aliphatic carbocycles. The van der Waals surface area contributed by atoms with E-state index in [4.69, 9.17) is 6.42 Å². The highest BCUT2D eigenvalue weighted by Gasteiger charge is 2.19. The molecule has 0 amide bonds. The summed E-state index contributed by atoms with van der Waals surface area (Å²) < 4.78 is 28.1. The van der Waals surface area contributed by atoms with Crippen LogP contribution >= 0.6 is 22.6 Å². The molecule has 0 saturated heterocycles. The van der Waals surface area contributed by atoms with Crippen molar-refractivity contribution in [3.63, 3.8) is 0 Å². The molecule has 7 heteroatoms. The van der Waals surface area contributed by atoms with Gasteiger partial charge in [-0.3, -0.25) is 9.80 Å².